The number of carbonyl (C=O) groups is 1. The molecule has 0 spiro atoms. The summed E-state index contributed by atoms with van der Waals surface area (Å²) in [7, 11) is 0. The second-order valence-corrected chi connectivity index (χ2v) is 10.3. The topological polar surface area (TPSA) is 126 Å². The summed E-state index contributed by atoms with van der Waals surface area (Å²) >= 11 is 1.39. The molecular weight excluding hydrogens is 479 g/mol. The number of piperazine rings is 1. The molecule has 2 heterocycles. The second kappa shape index (κ2) is 12.2. The highest BCUT2D eigenvalue weighted by atomic mass is 32.2. The molecule has 9 nitrogen and oxygen atoms in total. The summed E-state index contributed by atoms with van der Waals surface area (Å²) in [6.45, 7) is 9.85. The van der Waals surface area contributed by atoms with Crippen molar-refractivity contribution in [3.8, 4) is 0 Å². The molecule has 3 rings (SSSR count). The van der Waals surface area contributed by atoms with Gasteiger partial charge in [0.2, 0.25) is 5.91 Å². The number of aliphatic imine (C=N–C) groups is 1. The number of rotatable bonds is 9. The minimum Gasteiger partial charge on any atom is -0.402 e. The van der Waals surface area contributed by atoms with Crippen molar-refractivity contribution in [3.63, 3.8) is 0 Å². The first kappa shape index (κ1) is 27.4. The van der Waals surface area contributed by atoms with Gasteiger partial charge in [0.05, 0.1) is 0 Å². The standard InChI is InChI=1S/C25H35FN8OS.3H2/c1-5-23(35)29-18-6-8-19(9-7-18)36-24-31-21(30-20(28)14-17(2)27)15-22(32-24)33-10-12-34(13-11-33)25(3,4)16-26;;;/h6-9,14-15H,5,10-13,16,27H2,1-4H3,(H,29,35)(H2,28,30,31,32);3*1H. The summed E-state index contributed by atoms with van der Waals surface area (Å²) in [5.41, 5.74) is 12.5. The van der Waals surface area contributed by atoms with Crippen LogP contribution in [0, 0.1) is 0 Å². The number of nitrogens with zero attached hydrogens (tertiary/aromatic N) is 5. The zero-order valence-corrected chi connectivity index (χ0v) is 22.1. The van der Waals surface area contributed by atoms with Gasteiger partial charge in [0, 0.05) is 64.8 Å². The lowest BCUT2D eigenvalue weighted by atomic mass is 10.0. The Morgan fingerprint density at radius 1 is 1.22 bits per heavy atom. The fourth-order valence-electron chi connectivity index (χ4n) is 3.65. The zero-order valence-electron chi connectivity index (χ0n) is 21.3. The van der Waals surface area contributed by atoms with E-state index in [-0.39, 0.29) is 16.0 Å². The Morgan fingerprint density at radius 2 is 1.89 bits per heavy atom. The Kier molecular flexibility index (Phi) is 9.27. The van der Waals surface area contributed by atoms with Crippen LogP contribution in [0.1, 0.15) is 38.4 Å². The molecule has 0 atom stereocenters. The Morgan fingerprint density at radius 3 is 2.47 bits per heavy atom. The van der Waals surface area contributed by atoms with Gasteiger partial charge >= 0.3 is 0 Å². The molecule has 0 saturated carbocycles. The number of nitrogens with one attached hydrogen (secondary N) is 1. The molecule has 0 radical (unpaired) electrons. The predicted octanol–water partition coefficient (Wildman–Crippen LogP) is 4.44. The van der Waals surface area contributed by atoms with Gasteiger partial charge in [-0.1, -0.05) is 6.92 Å². The van der Waals surface area contributed by atoms with Gasteiger partial charge in [-0.15, -0.1) is 0 Å². The third-order valence-corrected chi connectivity index (χ3v) is 6.63. The van der Waals surface area contributed by atoms with Crippen LogP contribution >= 0.6 is 11.8 Å². The van der Waals surface area contributed by atoms with E-state index in [1.165, 1.54) is 11.8 Å². The molecule has 36 heavy (non-hydrogen) atoms. The third-order valence-electron chi connectivity index (χ3n) is 5.75. The van der Waals surface area contributed by atoms with Crippen molar-refractivity contribution in [2.75, 3.05) is 43.1 Å². The Hall–Kier alpha value is -3.18. The Labute approximate surface area is 220 Å². The van der Waals surface area contributed by atoms with Gasteiger partial charge in [0.1, 0.15) is 18.3 Å². The van der Waals surface area contributed by atoms with Crippen LogP contribution in [0.3, 0.4) is 0 Å². The average molecular weight is 521 g/mol. The molecule has 11 heteroatoms. The van der Waals surface area contributed by atoms with Crippen LogP contribution in [0.2, 0.25) is 0 Å². The van der Waals surface area contributed by atoms with Crippen molar-refractivity contribution in [2.45, 2.75) is 49.7 Å². The number of anilines is 2. The molecule has 1 aliphatic heterocycles. The first-order chi connectivity index (χ1) is 17.1. The molecule has 1 aromatic carbocycles. The number of carbonyl (C=O) groups excluding carboxylic acids is 1. The number of nitrogens with two attached hydrogens (primary N) is 2. The van der Waals surface area contributed by atoms with Gasteiger partial charge in [-0.05, 0) is 62.9 Å². The maximum absolute atomic E-state index is 13.5. The van der Waals surface area contributed by atoms with Crippen LogP contribution in [-0.2, 0) is 4.79 Å². The maximum Gasteiger partial charge on any atom is 0.224 e. The summed E-state index contributed by atoms with van der Waals surface area (Å²) in [6.07, 6.45) is 2.00. The van der Waals surface area contributed by atoms with Crippen LogP contribution < -0.4 is 21.7 Å². The minimum absolute atomic E-state index is 0. The first-order valence-electron chi connectivity index (χ1n) is 11.9. The van der Waals surface area contributed by atoms with Gasteiger partial charge in [-0.3, -0.25) is 9.69 Å². The van der Waals surface area contributed by atoms with Crippen molar-refractivity contribution in [1.29, 1.82) is 0 Å². The zero-order chi connectivity index (χ0) is 26.3. The number of alkyl halides is 1. The number of aromatic nitrogens is 2. The van der Waals surface area contributed by atoms with E-state index in [1.54, 1.807) is 19.1 Å². The minimum atomic E-state index is -0.488. The summed E-state index contributed by atoms with van der Waals surface area (Å²) in [5.74, 6) is 1.37. The fraction of sp³-hybridized carbons (Fsp3) is 0.440. The highest BCUT2D eigenvalue weighted by molar-refractivity contribution is 7.99. The fourth-order valence-corrected chi connectivity index (χ4v) is 4.41. The van der Waals surface area contributed by atoms with E-state index < -0.39 is 12.2 Å². The van der Waals surface area contributed by atoms with Gasteiger partial charge in [0.15, 0.2) is 11.0 Å². The van der Waals surface area contributed by atoms with Crippen molar-refractivity contribution in [3.05, 3.63) is 42.1 Å². The molecule has 1 aliphatic rings. The number of hydrogen-bond acceptors (Lipinski definition) is 8. The van der Waals surface area contributed by atoms with Gasteiger partial charge in [-0.2, -0.15) is 0 Å². The molecular formula is C25H41FN8OS. The number of halogens is 1. The van der Waals surface area contributed by atoms with Gasteiger partial charge in [-0.25, -0.2) is 19.4 Å². The second-order valence-electron chi connectivity index (χ2n) is 9.24. The van der Waals surface area contributed by atoms with Crippen LogP contribution in [0.15, 0.2) is 57.1 Å². The lowest BCUT2D eigenvalue weighted by Gasteiger charge is -2.43. The van der Waals surface area contributed by atoms with Crippen molar-refractivity contribution in [2.24, 2.45) is 16.5 Å². The monoisotopic (exact) mass is 520 g/mol. The summed E-state index contributed by atoms with van der Waals surface area (Å²) in [6, 6.07) is 9.30. The van der Waals surface area contributed by atoms with Crippen molar-refractivity contribution >= 4 is 40.8 Å². The molecule has 1 aromatic heterocycles. The summed E-state index contributed by atoms with van der Waals surface area (Å²) in [5, 5.41) is 3.36. The smallest absolute Gasteiger partial charge is 0.224 e. The molecule has 0 bridgehead atoms. The highest BCUT2D eigenvalue weighted by Crippen LogP contribution is 2.30. The lowest BCUT2D eigenvalue weighted by molar-refractivity contribution is -0.115. The summed E-state index contributed by atoms with van der Waals surface area (Å²) in [4.78, 5) is 30.6. The Bertz CT molecular complexity index is 1120. The summed E-state index contributed by atoms with van der Waals surface area (Å²) < 4.78 is 13.5. The number of amides is 1. The van der Waals surface area contributed by atoms with E-state index in [2.05, 4.69) is 25.1 Å². The largest absolute Gasteiger partial charge is 0.402 e. The van der Waals surface area contributed by atoms with Gasteiger partial charge < -0.3 is 21.7 Å². The molecule has 1 amide bonds. The lowest BCUT2D eigenvalue weighted by Crippen LogP contribution is -2.55. The Balaban J connectivity index is 0.00000481. The van der Waals surface area contributed by atoms with E-state index >= 15 is 0 Å². The molecule has 2 aromatic rings. The number of amidine groups is 1. The number of allylic oxidation sites excluding steroid dienone is 1. The van der Waals surface area contributed by atoms with E-state index in [0.29, 0.717) is 36.2 Å². The SMILES string of the molecule is CCC(=O)Nc1ccc(Sc2nc(N=C(N)C=C(C)N)cc(N3CCN(C(C)(C)CF)CC3)n2)cc1.[HH].[HH].[HH]. The van der Waals surface area contributed by atoms with E-state index in [4.69, 9.17) is 16.5 Å². The molecule has 5 N–H and O–H groups in total. The van der Waals surface area contributed by atoms with Crippen LogP contribution in [0.4, 0.5) is 21.7 Å². The number of benzene rings is 1. The third kappa shape index (κ3) is 7.66. The molecule has 0 unspecified atom stereocenters. The highest BCUT2D eigenvalue weighted by Gasteiger charge is 2.30. The quantitative estimate of drug-likeness (QED) is 0.252. The van der Waals surface area contributed by atoms with Crippen molar-refractivity contribution < 1.29 is 13.5 Å². The average Bonchev–Trinajstić information content (AvgIpc) is 2.84. The normalized spacial score (nSPS) is 15.8. The molecule has 1 fully saturated rings. The van der Waals surface area contributed by atoms with E-state index in [1.807, 2.05) is 45.0 Å². The maximum atomic E-state index is 13.5. The van der Waals surface area contributed by atoms with Crippen molar-refractivity contribution in [1.82, 2.24) is 14.9 Å². The molecule has 1 saturated heterocycles. The van der Waals surface area contributed by atoms with Crippen LogP contribution in [-0.4, -0.2) is 65.0 Å². The number of hydrogen-bond donors (Lipinski definition) is 3. The van der Waals surface area contributed by atoms with Crippen LogP contribution in [0.25, 0.3) is 0 Å². The van der Waals surface area contributed by atoms with E-state index in [0.717, 1.165) is 29.5 Å². The predicted molar refractivity (Wildman–Crippen MR) is 151 cm³/mol. The first-order valence-corrected chi connectivity index (χ1v) is 12.7. The van der Waals surface area contributed by atoms with Gasteiger partial charge in [0.25, 0.3) is 0 Å². The molecule has 0 aliphatic carbocycles. The molecule has 200 valence electrons. The van der Waals surface area contributed by atoms with E-state index in [9.17, 15) is 9.18 Å². The van der Waals surface area contributed by atoms with Crippen LogP contribution in [0.5, 0.6) is 0 Å².